The fourth-order valence-electron chi connectivity index (χ4n) is 2.68. The molecule has 0 radical (unpaired) electrons. The minimum Gasteiger partial charge on any atom is -0.481 e. The predicted octanol–water partition coefficient (Wildman–Crippen LogP) is 0.613. The van der Waals surface area contributed by atoms with E-state index in [0.29, 0.717) is 18.7 Å². The van der Waals surface area contributed by atoms with Gasteiger partial charge >= 0.3 is 0 Å². The minimum atomic E-state index is -0.495. The quantitative estimate of drug-likeness (QED) is 0.743. The minimum absolute atomic E-state index is 0.0821. The Bertz CT molecular complexity index is 730. The smallest absolute Gasteiger partial charge is 0.290 e. The van der Waals surface area contributed by atoms with Gasteiger partial charge in [0.05, 0.1) is 25.3 Å². The number of aliphatic hydroxyl groups excluding tert-OH is 1. The van der Waals surface area contributed by atoms with Crippen LogP contribution < -0.4 is 15.6 Å². The van der Waals surface area contributed by atoms with Crippen molar-refractivity contribution in [2.24, 2.45) is 5.92 Å². The van der Waals surface area contributed by atoms with Crippen LogP contribution in [0, 0.1) is 5.92 Å². The van der Waals surface area contributed by atoms with Crippen LogP contribution in [0.3, 0.4) is 0 Å². The monoisotopic (exact) mass is 319 g/mol. The van der Waals surface area contributed by atoms with E-state index in [1.54, 1.807) is 12.3 Å². The second kappa shape index (κ2) is 6.25. The molecule has 0 bridgehead atoms. The van der Waals surface area contributed by atoms with Gasteiger partial charge in [0.15, 0.2) is 0 Å². The number of rotatable bonds is 5. The molecule has 0 saturated heterocycles. The SMILES string of the molecule is COc1ccc([C@@H](NC(=O)c2cc(=O)[nH]o2)C2CC(O)C2)cn1. The van der Waals surface area contributed by atoms with Crippen LogP contribution >= 0.6 is 0 Å². The van der Waals surface area contributed by atoms with Gasteiger partial charge in [-0.3, -0.25) is 9.59 Å². The summed E-state index contributed by atoms with van der Waals surface area (Å²) in [5.41, 5.74) is 0.325. The summed E-state index contributed by atoms with van der Waals surface area (Å²) < 4.78 is 9.84. The van der Waals surface area contributed by atoms with E-state index >= 15 is 0 Å². The number of ether oxygens (including phenoxy) is 1. The highest BCUT2D eigenvalue weighted by Crippen LogP contribution is 2.38. The molecule has 122 valence electrons. The van der Waals surface area contributed by atoms with Crippen molar-refractivity contribution in [3.63, 3.8) is 0 Å². The Morgan fingerprint density at radius 1 is 1.52 bits per heavy atom. The number of hydrogen-bond acceptors (Lipinski definition) is 6. The van der Waals surface area contributed by atoms with Crippen molar-refractivity contribution in [3.05, 3.63) is 46.1 Å². The molecule has 2 heterocycles. The summed E-state index contributed by atoms with van der Waals surface area (Å²) in [7, 11) is 1.53. The van der Waals surface area contributed by atoms with Gasteiger partial charge in [-0.25, -0.2) is 4.98 Å². The number of nitrogens with zero attached hydrogens (tertiary/aromatic N) is 1. The fourth-order valence-corrected chi connectivity index (χ4v) is 2.68. The molecule has 1 fully saturated rings. The zero-order valence-corrected chi connectivity index (χ0v) is 12.5. The molecule has 0 aliphatic heterocycles. The van der Waals surface area contributed by atoms with E-state index in [1.807, 2.05) is 6.07 Å². The van der Waals surface area contributed by atoms with Gasteiger partial charge in [0, 0.05) is 12.3 Å². The molecule has 8 heteroatoms. The third kappa shape index (κ3) is 3.26. The average Bonchev–Trinajstić information content (AvgIpc) is 2.96. The number of amides is 1. The van der Waals surface area contributed by atoms with Gasteiger partial charge < -0.3 is 19.7 Å². The molecule has 8 nitrogen and oxygen atoms in total. The van der Waals surface area contributed by atoms with Crippen LogP contribution in [-0.2, 0) is 0 Å². The number of aromatic amines is 1. The Morgan fingerprint density at radius 3 is 2.83 bits per heavy atom. The van der Waals surface area contributed by atoms with Crippen LogP contribution in [0.25, 0.3) is 0 Å². The summed E-state index contributed by atoms with van der Waals surface area (Å²) >= 11 is 0. The number of pyridine rings is 1. The highest BCUT2D eigenvalue weighted by atomic mass is 16.5. The molecule has 2 aromatic rings. The van der Waals surface area contributed by atoms with E-state index in [2.05, 4.69) is 15.5 Å². The second-order valence-corrected chi connectivity index (χ2v) is 5.55. The molecule has 0 aromatic carbocycles. The van der Waals surface area contributed by atoms with Crippen LogP contribution in [-0.4, -0.2) is 34.4 Å². The first-order valence-corrected chi connectivity index (χ1v) is 7.24. The molecule has 1 aliphatic rings. The Labute approximate surface area is 131 Å². The van der Waals surface area contributed by atoms with Crippen LogP contribution in [0.15, 0.2) is 33.7 Å². The van der Waals surface area contributed by atoms with Crippen molar-refractivity contribution in [2.45, 2.75) is 25.0 Å². The van der Waals surface area contributed by atoms with E-state index in [9.17, 15) is 14.7 Å². The number of methoxy groups -OCH3 is 1. The molecule has 0 spiro atoms. The standard InChI is InChI=1S/C15H17N3O5/c1-22-13-3-2-8(7-16-13)14(9-4-10(19)5-9)17-15(21)11-6-12(20)18-23-11/h2-3,6-7,9-10,14,19H,4-5H2,1H3,(H,17,21)(H,18,20)/t9?,10?,14-/m1/s1. The van der Waals surface area contributed by atoms with Crippen LogP contribution in [0.5, 0.6) is 5.88 Å². The van der Waals surface area contributed by atoms with Crippen LogP contribution in [0.4, 0.5) is 0 Å². The number of hydrogen-bond donors (Lipinski definition) is 3. The third-order valence-electron chi connectivity index (χ3n) is 3.98. The second-order valence-electron chi connectivity index (χ2n) is 5.55. The molecular weight excluding hydrogens is 302 g/mol. The van der Waals surface area contributed by atoms with Gasteiger partial charge in [-0.15, -0.1) is 0 Å². The van der Waals surface area contributed by atoms with E-state index < -0.39 is 11.5 Å². The molecule has 1 aliphatic carbocycles. The Kier molecular flexibility index (Phi) is 4.16. The van der Waals surface area contributed by atoms with Gasteiger partial charge in [0.2, 0.25) is 11.6 Å². The highest BCUT2D eigenvalue weighted by Gasteiger charge is 2.36. The maximum atomic E-state index is 12.2. The van der Waals surface area contributed by atoms with Gasteiger partial charge in [-0.1, -0.05) is 6.07 Å². The number of aromatic nitrogens is 2. The van der Waals surface area contributed by atoms with Crippen molar-refractivity contribution in [1.29, 1.82) is 0 Å². The number of carbonyl (C=O) groups excluding carboxylic acids is 1. The third-order valence-corrected chi connectivity index (χ3v) is 3.98. The van der Waals surface area contributed by atoms with Gasteiger partial charge in [0.1, 0.15) is 0 Å². The van der Waals surface area contributed by atoms with Crippen LogP contribution in [0.1, 0.15) is 35.0 Å². The maximum absolute atomic E-state index is 12.2. The number of H-pyrrole nitrogens is 1. The first kappa shape index (κ1) is 15.3. The zero-order valence-electron chi connectivity index (χ0n) is 12.5. The lowest BCUT2D eigenvalue weighted by Crippen LogP contribution is -2.41. The van der Waals surface area contributed by atoms with Gasteiger partial charge in [0.25, 0.3) is 11.5 Å². The lowest BCUT2D eigenvalue weighted by atomic mass is 9.75. The molecule has 2 aromatic heterocycles. The number of nitrogens with one attached hydrogen (secondary N) is 2. The number of aliphatic hydroxyl groups is 1. The largest absolute Gasteiger partial charge is 0.481 e. The van der Waals surface area contributed by atoms with Crippen molar-refractivity contribution in [1.82, 2.24) is 15.5 Å². The van der Waals surface area contributed by atoms with E-state index in [-0.39, 0.29) is 23.8 Å². The van der Waals surface area contributed by atoms with Gasteiger partial charge in [-0.2, -0.15) is 5.16 Å². The lowest BCUT2D eigenvalue weighted by Gasteiger charge is -2.38. The molecule has 3 N–H and O–H groups in total. The zero-order chi connectivity index (χ0) is 16.4. The predicted molar refractivity (Wildman–Crippen MR) is 79.1 cm³/mol. The molecule has 3 rings (SSSR count). The normalized spacial score (nSPS) is 21.3. The Balaban J connectivity index is 1.80. The van der Waals surface area contributed by atoms with Crippen molar-refractivity contribution < 1.29 is 19.2 Å². The maximum Gasteiger partial charge on any atom is 0.290 e. The topological polar surface area (TPSA) is 117 Å². The first-order valence-electron chi connectivity index (χ1n) is 7.24. The van der Waals surface area contributed by atoms with Crippen LogP contribution in [0.2, 0.25) is 0 Å². The summed E-state index contributed by atoms with van der Waals surface area (Å²) in [4.78, 5) is 27.4. The molecule has 23 heavy (non-hydrogen) atoms. The summed E-state index contributed by atoms with van der Waals surface area (Å²) in [5, 5.41) is 14.5. The summed E-state index contributed by atoms with van der Waals surface area (Å²) in [6, 6.07) is 4.28. The van der Waals surface area contributed by atoms with E-state index in [4.69, 9.17) is 9.26 Å². The lowest BCUT2D eigenvalue weighted by molar-refractivity contribution is 0.0231. The Morgan fingerprint density at radius 2 is 2.30 bits per heavy atom. The molecule has 1 amide bonds. The number of carbonyl (C=O) groups is 1. The fraction of sp³-hybridized carbons (Fsp3) is 0.400. The van der Waals surface area contributed by atoms with E-state index in [1.165, 1.54) is 7.11 Å². The Hall–Kier alpha value is -2.61. The van der Waals surface area contributed by atoms with Crippen molar-refractivity contribution >= 4 is 5.91 Å². The summed E-state index contributed by atoms with van der Waals surface area (Å²) in [6.07, 6.45) is 2.46. The molecule has 1 saturated carbocycles. The molecule has 1 atom stereocenters. The highest BCUT2D eigenvalue weighted by molar-refractivity contribution is 5.91. The first-order chi connectivity index (χ1) is 11.1. The van der Waals surface area contributed by atoms with Crippen molar-refractivity contribution in [2.75, 3.05) is 7.11 Å². The van der Waals surface area contributed by atoms with Gasteiger partial charge in [-0.05, 0) is 24.3 Å². The van der Waals surface area contributed by atoms with Crippen molar-refractivity contribution in [3.8, 4) is 5.88 Å². The average molecular weight is 319 g/mol. The molecule has 0 unspecified atom stereocenters. The molecular formula is C15H17N3O5. The summed E-state index contributed by atoms with van der Waals surface area (Å²) in [5.74, 6) is -0.00851. The van der Waals surface area contributed by atoms with E-state index in [0.717, 1.165) is 11.6 Å². The summed E-state index contributed by atoms with van der Waals surface area (Å²) in [6.45, 7) is 0.